The third kappa shape index (κ3) is 2.14. The molecule has 0 aliphatic heterocycles. The summed E-state index contributed by atoms with van der Waals surface area (Å²) in [6.07, 6.45) is 3.61. The van der Waals surface area contributed by atoms with Gasteiger partial charge in [0.15, 0.2) is 16.3 Å². The first-order chi connectivity index (χ1) is 7.70. The van der Waals surface area contributed by atoms with E-state index in [0.717, 1.165) is 5.56 Å². The highest BCUT2D eigenvalue weighted by molar-refractivity contribution is 7.71. The summed E-state index contributed by atoms with van der Waals surface area (Å²) in [5.74, 6) is -0.108. The van der Waals surface area contributed by atoms with Crippen LogP contribution in [0.1, 0.15) is 5.56 Å². The molecule has 0 unspecified atom stereocenters. The average molecular weight is 238 g/mol. The number of methoxy groups -OCH3 is 1. The van der Waals surface area contributed by atoms with Crippen molar-refractivity contribution in [2.45, 2.75) is 6.54 Å². The van der Waals surface area contributed by atoms with Crippen molar-refractivity contribution in [1.82, 2.24) is 9.55 Å². The Morgan fingerprint density at radius 1 is 1.50 bits per heavy atom. The number of rotatable bonds is 3. The molecule has 2 rings (SSSR count). The first kappa shape index (κ1) is 10.9. The molecule has 0 bridgehead atoms. The third-order valence-corrected chi connectivity index (χ3v) is 2.64. The van der Waals surface area contributed by atoms with E-state index in [0.29, 0.717) is 11.3 Å². The molecule has 0 fully saturated rings. The van der Waals surface area contributed by atoms with Gasteiger partial charge in [0.2, 0.25) is 0 Å². The van der Waals surface area contributed by atoms with Crippen molar-refractivity contribution in [3.8, 4) is 5.75 Å². The van der Waals surface area contributed by atoms with Gasteiger partial charge in [0.1, 0.15) is 0 Å². The lowest BCUT2D eigenvalue weighted by Gasteiger charge is -2.06. The van der Waals surface area contributed by atoms with Gasteiger partial charge in [-0.3, -0.25) is 0 Å². The molecule has 1 N–H and O–H groups in total. The quantitative estimate of drug-likeness (QED) is 0.833. The summed E-state index contributed by atoms with van der Waals surface area (Å²) >= 11 is 5.07. The van der Waals surface area contributed by atoms with Gasteiger partial charge in [0, 0.05) is 18.9 Å². The van der Waals surface area contributed by atoms with E-state index in [1.165, 1.54) is 13.2 Å². The topological polar surface area (TPSA) is 29.9 Å². The molecule has 0 amide bonds. The molecule has 0 aliphatic carbocycles. The van der Waals surface area contributed by atoms with E-state index in [2.05, 4.69) is 4.98 Å². The molecule has 1 heterocycles. The summed E-state index contributed by atoms with van der Waals surface area (Å²) in [4.78, 5) is 2.90. The lowest BCUT2D eigenvalue weighted by atomic mass is 10.2. The first-order valence-corrected chi connectivity index (χ1v) is 5.18. The van der Waals surface area contributed by atoms with Crippen LogP contribution in [0.15, 0.2) is 30.6 Å². The Labute approximate surface area is 97.5 Å². The van der Waals surface area contributed by atoms with Crippen molar-refractivity contribution in [1.29, 1.82) is 0 Å². The number of nitrogens with one attached hydrogen (secondary N) is 1. The van der Waals surface area contributed by atoms with E-state index in [9.17, 15) is 4.39 Å². The Kier molecular flexibility index (Phi) is 3.05. The monoisotopic (exact) mass is 238 g/mol. The lowest BCUT2D eigenvalue weighted by Crippen LogP contribution is -1.99. The van der Waals surface area contributed by atoms with Crippen LogP contribution in [-0.2, 0) is 6.54 Å². The van der Waals surface area contributed by atoms with Gasteiger partial charge in [0.25, 0.3) is 0 Å². The van der Waals surface area contributed by atoms with Crippen molar-refractivity contribution >= 4 is 12.2 Å². The molecular weight excluding hydrogens is 227 g/mol. The van der Waals surface area contributed by atoms with Crippen LogP contribution in [0, 0.1) is 10.6 Å². The molecule has 0 atom stereocenters. The van der Waals surface area contributed by atoms with E-state index >= 15 is 0 Å². The second-order valence-electron chi connectivity index (χ2n) is 3.36. The highest BCUT2D eigenvalue weighted by atomic mass is 32.1. The van der Waals surface area contributed by atoms with Crippen LogP contribution in [0.3, 0.4) is 0 Å². The number of halogens is 1. The Morgan fingerprint density at radius 2 is 2.31 bits per heavy atom. The second-order valence-corrected chi connectivity index (χ2v) is 3.75. The zero-order valence-corrected chi connectivity index (χ0v) is 9.55. The number of hydrogen-bond acceptors (Lipinski definition) is 2. The molecule has 1 aromatic heterocycles. The Balaban J connectivity index is 2.29. The van der Waals surface area contributed by atoms with Crippen LogP contribution >= 0.6 is 12.2 Å². The normalized spacial score (nSPS) is 10.4. The van der Waals surface area contributed by atoms with Crippen molar-refractivity contribution in [2.24, 2.45) is 0 Å². The van der Waals surface area contributed by atoms with Crippen LogP contribution in [-0.4, -0.2) is 16.7 Å². The maximum Gasteiger partial charge on any atom is 0.177 e. The minimum absolute atomic E-state index is 0.250. The maximum atomic E-state index is 13.2. The Bertz CT molecular complexity index is 547. The number of ether oxygens (including phenoxy) is 1. The third-order valence-electron chi connectivity index (χ3n) is 2.29. The highest BCUT2D eigenvalue weighted by Crippen LogP contribution is 2.18. The summed E-state index contributed by atoms with van der Waals surface area (Å²) in [6, 6.07) is 4.78. The highest BCUT2D eigenvalue weighted by Gasteiger charge is 2.04. The van der Waals surface area contributed by atoms with Gasteiger partial charge in [-0.15, -0.1) is 0 Å². The molecule has 0 radical (unpaired) electrons. The molecule has 2 aromatic rings. The largest absolute Gasteiger partial charge is 0.494 e. The van der Waals surface area contributed by atoms with Crippen molar-refractivity contribution in [2.75, 3.05) is 7.11 Å². The molecule has 1 aromatic carbocycles. The predicted octanol–water partition coefficient (Wildman–Crippen LogP) is 2.74. The molecule has 0 spiro atoms. The first-order valence-electron chi connectivity index (χ1n) is 4.77. The minimum Gasteiger partial charge on any atom is -0.494 e. The summed E-state index contributed by atoms with van der Waals surface area (Å²) in [5, 5.41) is 0. The molecular formula is C11H11FN2OS. The smallest absolute Gasteiger partial charge is 0.177 e. The van der Waals surface area contributed by atoms with Gasteiger partial charge in [-0.05, 0) is 29.9 Å². The van der Waals surface area contributed by atoms with E-state index in [-0.39, 0.29) is 11.6 Å². The number of aromatic nitrogens is 2. The van der Waals surface area contributed by atoms with E-state index in [4.69, 9.17) is 17.0 Å². The lowest BCUT2D eigenvalue weighted by molar-refractivity contribution is 0.386. The zero-order valence-electron chi connectivity index (χ0n) is 8.74. The summed E-state index contributed by atoms with van der Waals surface area (Å²) in [6.45, 7) is 0.596. The molecule has 3 nitrogen and oxygen atoms in total. The van der Waals surface area contributed by atoms with Gasteiger partial charge < -0.3 is 14.3 Å². The van der Waals surface area contributed by atoms with E-state index in [1.54, 1.807) is 18.3 Å². The number of benzene rings is 1. The summed E-state index contributed by atoms with van der Waals surface area (Å²) in [7, 11) is 1.45. The van der Waals surface area contributed by atoms with Crippen molar-refractivity contribution in [3.05, 3.63) is 46.7 Å². The molecule has 0 saturated heterocycles. The van der Waals surface area contributed by atoms with Crippen LogP contribution in [0.5, 0.6) is 5.75 Å². The SMILES string of the molecule is COc1cc(Cn2cc[nH]c2=S)ccc1F. The molecule has 16 heavy (non-hydrogen) atoms. The van der Waals surface area contributed by atoms with Crippen LogP contribution in [0.25, 0.3) is 0 Å². The summed E-state index contributed by atoms with van der Waals surface area (Å²) in [5.41, 5.74) is 0.939. The standard InChI is InChI=1S/C11H11FN2OS/c1-15-10-6-8(2-3-9(10)12)7-14-5-4-13-11(14)16/h2-6H,7H2,1H3,(H,13,16). The minimum atomic E-state index is -0.357. The Hall–Kier alpha value is -1.62. The second kappa shape index (κ2) is 4.49. The molecule has 84 valence electrons. The zero-order chi connectivity index (χ0) is 11.5. The molecule has 0 saturated carbocycles. The summed E-state index contributed by atoms with van der Waals surface area (Å²) < 4.78 is 20.6. The van der Waals surface area contributed by atoms with Gasteiger partial charge in [0.05, 0.1) is 7.11 Å². The van der Waals surface area contributed by atoms with Gasteiger partial charge >= 0.3 is 0 Å². The average Bonchev–Trinajstić information content (AvgIpc) is 2.67. The molecule has 0 aliphatic rings. The van der Waals surface area contributed by atoms with Crippen LogP contribution in [0.2, 0.25) is 0 Å². The number of imidazole rings is 1. The van der Waals surface area contributed by atoms with Crippen molar-refractivity contribution < 1.29 is 9.13 Å². The van der Waals surface area contributed by atoms with E-state index in [1.807, 2.05) is 10.8 Å². The number of aromatic amines is 1. The fourth-order valence-electron chi connectivity index (χ4n) is 1.47. The number of nitrogens with zero attached hydrogens (tertiary/aromatic N) is 1. The van der Waals surface area contributed by atoms with E-state index < -0.39 is 0 Å². The number of hydrogen-bond donors (Lipinski definition) is 1. The van der Waals surface area contributed by atoms with Gasteiger partial charge in [-0.2, -0.15) is 0 Å². The van der Waals surface area contributed by atoms with Crippen LogP contribution in [0.4, 0.5) is 4.39 Å². The fourth-order valence-corrected chi connectivity index (χ4v) is 1.67. The Morgan fingerprint density at radius 3 is 2.94 bits per heavy atom. The van der Waals surface area contributed by atoms with Crippen LogP contribution < -0.4 is 4.74 Å². The predicted molar refractivity (Wildman–Crippen MR) is 61.7 cm³/mol. The number of H-pyrrole nitrogens is 1. The molecule has 5 heteroatoms. The van der Waals surface area contributed by atoms with Crippen molar-refractivity contribution in [3.63, 3.8) is 0 Å². The van der Waals surface area contributed by atoms with Gasteiger partial charge in [-0.25, -0.2) is 4.39 Å². The maximum absolute atomic E-state index is 13.2. The van der Waals surface area contributed by atoms with Gasteiger partial charge in [-0.1, -0.05) is 6.07 Å². The fraction of sp³-hybridized carbons (Fsp3) is 0.182.